The standard InChI is InChI=1S/C21H24F3N3O3S/c22-16-2-4-18(5-3-16)31(29,30)25-10-7-21(28)26-17-8-11-27(12-9-17)14-15-1-6-19(23)20(24)13-15/h1-6,13,17,25H,7-12,14H2,(H,26,28). The predicted octanol–water partition coefficient (Wildman–Crippen LogP) is 2.55. The molecule has 1 fully saturated rings. The zero-order valence-electron chi connectivity index (χ0n) is 16.8. The molecule has 1 saturated heterocycles. The van der Waals surface area contributed by atoms with Crippen molar-refractivity contribution in [1.29, 1.82) is 0 Å². The van der Waals surface area contributed by atoms with E-state index in [0.29, 0.717) is 38.0 Å². The van der Waals surface area contributed by atoms with Gasteiger partial charge in [0.05, 0.1) is 4.90 Å². The average Bonchev–Trinajstić information content (AvgIpc) is 2.72. The van der Waals surface area contributed by atoms with Gasteiger partial charge in [0, 0.05) is 38.6 Å². The molecule has 0 atom stereocenters. The molecule has 1 aliphatic heterocycles. The lowest BCUT2D eigenvalue weighted by Gasteiger charge is -2.32. The van der Waals surface area contributed by atoms with Crippen LogP contribution in [-0.2, 0) is 21.4 Å². The van der Waals surface area contributed by atoms with Gasteiger partial charge in [-0.25, -0.2) is 26.3 Å². The Kier molecular flexibility index (Phi) is 7.69. The minimum Gasteiger partial charge on any atom is -0.353 e. The Morgan fingerprint density at radius 1 is 1.00 bits per heavy atom. The zero-order valence-corrected chi connectivity index (χ0v) is 17.6. The van der Waals surface area contributed by atoms with Crippen molar-refractivity contribution in [1.82, 2.24) is 14.9 Å². The number of hydrogen-bond acceptors (Lipinski definition) is 4. The van der Waals surface area contributed by atoms with Gasteiger partial charge in [-0.1, -0.05) is 6.07 Å². The van der Waals surface area contributed by atoms with Crippen LogP contribution in [0.4, 0.5) is 13.2 Å². The van der Waals surface area contributed by atoms with Gasteiger partial charge in [0.15, 0.2) is 11.6 Å². The van der Waals surface area contributed by atoms with Gasteiger partial charge < -0.3 is 5.32 Å². The zero-order chi connectivity index (χ0) is 22.4. The van der Waals surface area contributed by atoms with Gasteiger partial charge in [0.25, 0.3) is 0 Å². The summed E-state index contributed by atoms with van der Waals surface area (Å²) < 4.78 is 65.9. The van der Waals surface area contributed by atoms with Crippen molar-refractivity contribution in [2.24, 2.45) is 0 Å². The summed E-state index contributed by atoms with van der Waals surface area (Å²) in [6.07, 6.45) is 1.39. The van der Waals surface area contributed by atoms with E-state index in [0.717, 1.165) is 30.3 Å². The third kappa shape index (κ3) is 6.78. The number of nitrogens with one attached hydrogen (secondary N) is 2. The van der Waals surface area contributed by atoms with E-state index in [1.807, 2.05) is 0 Å². The van der Waals surface area contributed by atoms with Crippen LogP contribution in [0.2, 0.25) is 0 Å². The van der Waals surface area contributed by atoms with Crippen molar-refractivity contribution in [2.45, 2.75) is 36.7 Å². The summed E-state index contributed by atoms with van der Waals surface area (Å²) in [5.41, 5.74) is 0.690. The Balaban J connectivity index is 1.38. The first-order valence-electron chi connectivity index (χ1n) is 9.94. The maximum Gasteiger partial charge on any atom is 0.240 e. The lowest BCUT2D eigenvalue weighted by molar-refractivity contribution is -0.121. The van der Waals surface area contributed by atoms with Crippen molar-refractivity contribution in [3.63, 3.8) is 0 Å². The number of nitrogens with zero attached hydrogens (tertiary/aromatic N) is 1. The van der Waals surface area contributed by atoms with Gasteiger partial charge in [0.1, 0.15) is 5.82 Å². The summed E-state index contributed by atoms with van der Waals surface area (Å²) >= 11 is 0. The number of likely N-dealkylation sites (tertiary alicyclic amines) is 1. The van der Waals surface area contributed by atoms with Crippen molar-refractivity contribution in [3.05, 3.63) is 65.5 Å². The normalized spacial score (nSPS) is 15.7. The highest BCUT2D eigenvalue weighted by molar-refractivity contribution is 7.89. The molecule has 0 aromatic heterocycles. The molecule has 1 amide bonds. The summed E-state index contributed by atoms with van der Waals surface area (Å²) in [6.45, 7) is 1.83. The number of sulfonamides is 1. The quantitative estimate of drug-likeness (QED) is 0.641. The van der Waals surface area contributed by atoms with E-state index >= 15 is 0 Å². The molecule has 3 rings (SSSR count). The summed E-state index contributed by atoms with van der Waals surface area (Å²) in [6, 6.07) is 8.26. The molecule has 31 heavy (non-hydrogen) atoms. The van der Waals surface area contributed by atoms with E-state index in [1.54, 1.807) is 6.07 Å². The van der Waals surface area contributed by atoms with Crippen molar-refractivity contribution >= 4 is 15.9 Å². The number of carbonyl (C=O) groups is 1. The Hall–Kier alpha value is -2.43. The maximum atomic E-state index is 13.3. The molecular formula is C21H24F3N3O3S. The van der Waals surface area contributed by atoms with E-state index in [4.69, 9.17) is 0 Å². The molecule has 2 aromatic carbocycles. The number of halogens is 3. The van der Waals surface area contributed by atoms with Crippen LogP contribution >= 0.6 is 0 Å². The Morgan fingerprint density at radius 2 is 1.68 bits per heavy atom. The topological polar surface area (TPSA) is 78.5 Å². The summed E-state index contributed by atoms with van der Waals surface area (Å²) in [5, 5.41) is 2.89. The van der Waals surface area contributed by atoms with Crippen LogP contribution in [0.1, 0.15) is 24.8 Å². The van der Waals surface area contributed by atoms with Crippen molar-refractivity contribution < 1.29 is 26.4 Å². The van der Waals surface area contributed by atoms with Crippen LogP contribution in [0.5, 0.6) is 0 Å². The first-order valence-corrected chi connectivity index (χ1v) is 11.4. The van der Waals surface area contributed by atoms with Crippen LogP contribution in [0.25, 0.3) is 0 Å². The first kappa shape index (κ1) is 23.2. The van der Waals surface area contributed by atoms with Crippen molar-refractivity contribution in [2.75, 3.05) is 19.6 Å². The number of rotatable bonds is 8. The molecule has 0 saturated carbocycles. The second-order valence-corrected chi connectivity index (χ2v) is 9.24. The highest BCUT2D eigenvalue weighted by Gasteiger charge is 2.21. The molecule has 2 aromatic rings. The summed E-state index contributed by atoms with van der Waals surface area (Å²) in [7, 11) is -3.80. The predicted molar refractivity (Wildman–Crippen MR) is 109 cm³/mol. The van der Waals surface area contributed by atoms with Crippen LogP contribution in [0.15, 0.2) is 47.4 Å². The van der Waals surface area contributed by atoms with Gasteiger partial charge in [-0.15, -0.1) is 0 Å². The SMILES string of the molecule is O=C(CCNS(=O)(=O)c1ccc(F)cc1)NC1CCN(Cc2ccc(F)c(F)c2)CC1. The fourth-order valence-electron chi connectivity index (χ4n) is 3.43. The van der Waals surface area contributed by atoms with Crippen LogP contribution in [-0.4, -0.2) is 44.9 Å². The molecule has 0 spiro atoms. The van der Waals surface area contributed by atoms with Crippen LogP contribution in [0.3, 0.4) is 0 Å². The van der Waals surface area contributed by atoms with Gasteiger partial charge >= 0.3 is 0 Å². The molecule has 168 valence electrons. The molecule has 10 heteroatoms. The highest BCUT2D eigenvalue weighted by Crippen LogP contribution is 2.16. The summed E-state index contributed by atoms with van der Waals surface area (Å²) in [4.78, 5) is 14.2. The number of benzene rings is 2. The van der Waals surface area contributed by atoms with Gasteiger partial charge in [0.2, 0.25) is 15.9 Å². The Morgan fingerprint density at radius 3 is 2.32 bits per heavy atom. The minimum atomic E-state index is -3.80. The molecule has 0 radical (unpaired) electrons. The molecule has 0 bridgehead atoms. The Bertz CT molecular complexity index is 1010. The third-order valence-electron chi connectivity index (χ3n) is 5.11. The summed E-state index contributed by atoms with van der Waals surface area (Å²) in [5.74, 6) is -2.53. The lowest BCUT2D eigenvalue weighted by Crippen LogP contribution is -2.45. The lowest BCUT2D eigenvalue weighted by atomic mass is 10.0. The van der Waals surface area contributed by atoms with E-state index in [2.05, 4.69) is 14.9 Å². The third-order valence-corrected chi connectivity index (χ3v) is 6.59. The monoisotopic (exact) mass is 455 g/mol. The van der Waals surface area contributed by atoms with Gasteiger partial charge in [-0.05, 0) is 54.8 Å². The largest absolute Gasteiger partial charge is 0.353 e. The molecule has 2 N–H and O–H groups in total. The average molecular weight is 456 g/mol. The van der Waals surface area contributed by atoms with Gasteiger partial charge in [-0.2, -0.15) is 0 Å². The molecular weight excluding hydrogens is 431 g/mol. The second-order valence-electron chi connectivity index (χ2n) is 7.47. The van der Waals surface area contributed by atoms with Gasteiger partial charge in [-0.3, -0.25) is 9.69 Å². The number of amides is 1. The fourth-order valence-corrected chi connectivity index (χ4v) is 4.46. The number of hydrogen-bond donors (Lipinski definition) is 2. The van der Waals surface area contributed by atoms with E-state index in [1.165, 1.54) is 6.07 Å². The first-order chi connectivity index (χ1) is 14.7. The fraction of sp³-hybridized carbons (Fsp3) is 0.381. The second kappa shape index (κ2) is 10.3. The molecule has 0 aliphatic carbocycles. The van der Waals surface area contributed by atoms with Crippen LogP contribution < -0.4 is 10.0 Å². The smallest absolute Gasteiger partial charge is 0.240 e. The maximum absolute atomic E-state index is 13.3. The Labute approximate surface area is 179 Å². The number of carbonyl (C=O) groups excluding carboxylic acids is 1. The minimum absolute atomic E-state index is 0.0184. The molecule has 1 heterocycles. The van der Waals surface area contributed by atoms with E-state index < -0.39 is 27.5 Å². The van der Waals surface area contributed by atoms with Crippen LogP contribution in [0, 0.1) is 17.5 Å². The molecule has 6 nitrogen and oxygen atoms in total. The molecule has 1 aliphatic rings. The highest BCUT2D eigenvalue weighted by atomic mass is 32.2. The number of piperidine rings is 1. The van der Waals surface area contributed by atoms with E-state index in [-0.39, 0.29) is 29.8 Å². The van der Waals surface area contributed by atoms with Crippen molar-refractivity contribution in [3.8, 4) is 0 Å². The van der Waals surface area contributed by atoms with E-state index in [9.17, 15) is 26.4 Å². The molecule has 0 unspecified atom stereocenters.